The van der Waals surface area contributed by atoms with Crippen LogP contribution in [-0.4, -0.2) is 45.2 Å². The molecule has 0 aromatic heterocycles. The van der Waals surface area contributed by atoms with E-state index in [-0.39, 0.29) is 23.3 Å². The van der Waals surface area contributed by atoms with E-state index < -0.39 is 15.3 Å². The molecule has 32 heavy (non-hydrogen) atoms. The van der Waals surface area contributed by atoms with Crippen molar-refractivity contribution in [1.82, 2.24) is 5.32 Å². The molecule has 0 saturated carbocycles. The van der Waals surface area contributed by atoms with Gasteiger partial charge >= 0.3 is 5.97 Å². The molecule has 180 valence electrons. The van der Waals surface area contributed by atoms with Crippen LogP contribution in [0.15, 0.2) is 36.9 Å². The molecule has 0 fully saturated rings. The van der Waals surface area contributed by atoms with Gasteiger partial charge < -0.3 is 10.1 Å². The monoisotopic (exact) mass is 484 g/mol. The van der Waals surface area contributed by atoms with E-state index in [0.717, 1.165) is 43.5 Å². The Bertz CT molecular complexity index is 861. The van der Waals surface area contributed by atoms with Crippen molar-refractivity contribution in [1.29, 1.82) is 0 Å². The first kappa shape index (κ1) is 26.7. The fourth-order valence-corrected chi connectivity index (χ4v) is 6.13. The van der Waals surface area contributed by atoms with Gasteiger partial charge in [0.15, 0.2) is 0 Å². The number of rotatable bonds is 12. The van der Waals surface area contributed by atoms with E-state index in [1.807, 2.05) is 31.2 Å². The third-order valence-corrected chi connectivity index (χ3v) is 8.91. The summed E-state index contributed by atoms with van der Waals surface area (Å²) in [7, 11) is -1.86. The largest absolute Gasteiger partial charge is 0.466 e. The van der Waals surface area contributed by atoms with Crippen LogP contribution in [0.3, 0.4) is 0 Å². The molecule has 0 aliphatic carbocycles. The predicted molar refractivity (Wildman–Crippen MR) is 132 cm³/mol. The fourth-order valence-electron chi connectivity index (χ4n) is 4.33. The summed E-state index contributed by atoms with van der Waals surface area (Å²) in [6.07, 6.45) is 6.89. The molecule has 0 bridgehead atoms. The number of nitrogens with one attached hydrogen (secondary N) is 1. The molecule has 2 rings (SSSR count). The van der Waals surface area contributed by atoms with Crippen molar-refractivity contribution < 1.29 is 17.9 Å². The number of unbranched alkanes of at least 4 members (excludes halogenated alkanes) is 3. The molecule has 1 aliphatic heterocycles. The van der Waals surface area contributed by atoms with Gasteiger partial charge in [0.2, 0.25) is 10.0 Å². The predicted octanol–water partition coefficient (Wildman–Crippen LogP) is 4.80. The number of halogens is 1. The number of carbonyl (C=O) groups is 1. The molecule has 1 aliphatic rings. The van der Waals surface area contributed by atoms with Gasteiger partial charge in [-0.15, -0.1) is 18.2 Å². The van der Waals surface area contributed by atoms with Crippen molar-refractivity contribution in [3.05, 3.63) is 42.5 Å². The average molecular weight is 485 g/mol. The third-order valence-electron chi connectivity index (χ3n) is 6.27. The maximum atomic E-state index is 13.3. The zero-order chi connectivity index (χ0) is 23.7. The van der Waals surface area contributed by atoms with Crippen LogP contribution in [-0.2, 0) is 19.6 Å². The van der Waals surface area contributed by atoms with Crippen LogP contribution < -0.4 is 9.62 Å². The van der Waals surface area contributed by atoms with Crippen molar-refractivity contribution in [2.24, 2.45) is 5.92 Å². The summed E-state index contributed by atoms with van der Waals surface area (Å²) in [5.41, 5.74) is 1.74. The lowest BCUT2D eigenvalue weighted by Crippen LogP contribution is -2.40. The Morgan fingerprint density at radius 1 is 1.28 bits per heavy atom. The highest BCUT2D eigenvalue weighted by atomic mass is 35.5. The number of hydrogen-bond acceptors (Lipinski definition) is 5. The number of carbonyl (C=O) groups excluding carboxylic acids is 1. The number of anilines is 1. The Morgan fingerprint density at radius 2 is 1.97 bits per heavy atom. The highest BCUT2D eigenvalue weighted by Gasteiger charge is 2.42. The Morgan fingerprint density at radius 3 is 2.66 bits per heavy atom. The molecule has 0 spiro atoms. The SMILES string of the molecule is C=CC(Cl)CCC1C(NCCCCCCOC(C)=O)c2ccccc2N(C)S(=O)(=O)C1C. The summed E-state index contributed by atoms with van der Waals surface area (Å²) in [5.74, 6) is -0.356. The lowest BCUT2D eigenvalue weighted by molar-refractivity contribution is -0.141. The number of ether oxygens (including phenoxy) is 1. The number of hydrogen-bond donors (Lipinski definition) is 1. The van der Waals surface area contributed by atoms with Crippen LogP contribution in [0.1, 0.15) is 64.0 Å². The van der Waals surface area contributed by atoms with Gasteiger partial charge in [0.05, 0.1) is 22.9 Å². The second-order valence-corrected chi connectivity index (χ2v) is 11.3. The summed E-state index contributed by atoms with van der Waals surface area (Å²) in [5, 5.41) is 2.93. The minimum atomic E-state index is -3.50. The molecule has 0 radical (unpaired) electrons. The van der Waals surface area contributed by atoms with Crippen molar-refractivity contribution in [2.45, 2.75) is 69.0 Å². The number of benzene rings is 1. The molecule has 0 saturated heterocycles. The van der Waals surface area contributed by atoms with Gasteiger partial charge in [-0.2, -0.15) is 0 Å². The lowest BCUT2D eigenvalue weighted by Gasteiger charge is -2.31. The van der Waals surface area contributed by atoms with E-state index in [9.17, 15) is 13.2 Å². The van der Waals surface area contributed by atoms with Crippen LogP contribution in [0.4, 0.5) is 5.69 Å². The Hall–Kier alpha value is -1.57. The van der Waals surface area contributed by atoms with E-state index >= 15 is 0 Å². The molecule has 8 heteroatoms. The highest BCUT2D eigenvalue weighted by molar-refractivity contribution is 7.93. The maximum absolute atomic E-state index is 13.3. The van der Waals surface area contributed by atoms with Gasteiger partial charge in [-0.05, 0) is 56.7 Å². The van der Waals surface area contributed by atoms with Gasteiger partial charge in [-0.3, -0.25) is 9.10 Å². The quantitative estimate of drug-likeness (QED) is 0.199. The standard InChI is InChI=1S/C24H37ClN2O4S/c1-5-20(25)14-15-21-18(2)32(29,30)27(4)23-13-9-8-12-22(23)24(21)26-16-10-6-7-11-17-31-19(3)28/h5,8-9,12-13,18,20-21,24,26H,1,6-7,10-11,14-17H2,2-4H3. The first-order chi connectivity index (χ1) is 15.2. The number of nitrogens with zero attached hydrogens (tertiary/aromatic N) is 1. The maximum Gasteiger partial charge on any atom is 0.302 e. The number of allylic oxidation sites excluding steroid dienone is 1. The van der Waals surface area contributed by atoms with Crippen molar-refractivity contribution >= 4 is 33.3 Å². The molecule has 6 nitrogen and oxygen atoms in total. The molecule has 4 unspecified atom stereocenters. The summed E-state index contributed by atoms with van der Waals surface area (Å²) in [6, 6.07) is 7.65. The molecule has 1 aromatic rings. The fraction of sp³-hybridized carbons (Fsp3) is 0.625. The molecular weight excluding hydrogens is 448 g/mol. The molecule has 1 N–H and O–H groups in total. The van der Waals surface area contributed by atoms with Gasteiger partial charge in [-0.1, -0.05) is 37.1 Å². The Kier molecular flexibility index (Phi) is 10.5. The Balaban J connectivity index is 2.14. The zero-order valence-electron chi connectivity index (χ0n) is 19.4. The van der Waals surface area contributed by atoms with E-state index in [1.54, 1.807) is 13.1 Å². The average Bonchev–Trinajstić information content (AvgIpc) is 2.82. The molecule has 0 amide bonds. The van der Waals surface area contributed by atoms with E-state index in [4.69, 9.17) is 16.3 Å². The van der Waals surface area contributed by atoms with Crippen molar-refractivity contribution in [3.8, 4) is 0 Å². The van der Waals surface area contributed by atoms with Crippen molar-refractivity contribution in [3.63, 3.8) is 0 Å². The van der Waals surface area contributed by atoms with Crippen LogP contribution >= 0.6 is 11.6 Å². The van der Waals surface area contributed by atoms with E-state index in [2.05, 4.69) is 11.9 Å². The second kappa shape index (κ2) is 12.6. The lowest BCUT2D eigenvalue weighted by atomic mass is 9.85. The van der Waals surface area contributed by atoms with Crippen LogP contribution in [0.2, 0.25) is 0 Å². The number of para-hydroxylation sites is 1. The Labute approximate surface area is 198 Å². The first-order valence-corrected chi connectivity index (χ1v) is 13.3. The highest BCUT2D eigenvalue weighted by Crippen LogP contribution is 2.42. The van der Waals surface area contributed by atoms with Crippen LogP contribution in [0, 0.1) is 5.92 Å². The number of sulfonamides is 1. The van der Waals surface area contributed by atoms with E-state index in [1.165, 1.54) is 11.2 Å². The first-order valence-electron chi connectivity index (χ1n) is 11.4. The summed E-state index contributed by atoms with van der Waals surface area (Å²) in [6.45, 7) is 8.23. The second-order valence-electron chi connectivity index (χ2n) is 8.46. The number of alkyl halides is 1. The van der Waals surface area contributed by atoms with Crippen molar-refractivity contribution in [2.75, 3.05) is 24.5 Å². The van der Waals surface area contributed by atoms with Crippen LogP contribution in [0.25, 0.3) is 0 Å². The number of esters is 1. The molecule has 4 atom stereocenters. The van der Waals surface area contributed by atoms with Crippen LogP contribution in [0.5, 0.6) is 0 Å². The topological polar surface area (TPSA) is 75.7 Å². The van der Waals surface area contributed by atoms with Gasteiger partial charge in [-0.25, -0.2) is 8.42 Å². The number of fused-ring (bicyclic) bond motifs is 1. The van der Waals surface area contributed by atoms with Gasteiger partial charge in [0.25, 0.3) is 0 Å². The summed E-state index contributed by atoms with van der Waals surface area (Å²) in [4.78, 5) is 10.8. The minimum Gasteiger partial charge on any atom is -0.466 e. The zero-order valence-corrected chi connectivity index (χ0v) is 21.0. The molecule has 1 aromatic carbocycles. The summed E-state index contributed by atoms with van der Waals surface area (Å²) >= 11 is 6.30. The van der Waals surface area contributed by atoms with Gasteiger partial charge in [0.1, 0.15) is 0 Å². The molecule has 1 heterocycles. The van der Waals surface area contributed by atoms with Gasteiger partial charge in [0, 0.05) is 20.0 Å². The molecular formula is C24H37ClN2O4S. The third kappa shape index (κ3) is 6.96. The van der Waals surface area contributed by atoms with E-state index in [0.29, 0.717) is 19.4 Å². The minimum absolute atomic E-state index is 0.0874. The normalized spacial score (nSPS) is 23.1. The smallest absolute Gasteiger partial charge is 0.302 e. The summed E-state index contributed by atoms with van der Waals surface area (Å²) < 4.78 is 33.0.